The van der Waals surface area contributed by atoms with Crippen LogP contribution in [-0.2, 0) is 0 Å². The predicted octanol–water partition coefficient (Wildman–Crippen LogP) is 2.79. The molecule has 0 atom stereocenters. The lowest BCUT2D eigenvalue weighted by atomic mass is 10.2. The first-order valence-electron chi connectivity index (χ1n) is 4.41. The van der Waals surface area contributed by atoms with Crippen molar-refractivity contribution < 1.29 is 4.79 Å². The van der Waals surface area contributed by atoms with Crippen molar-refractivity contribution in [3.05, 3.63) is 33.3 Å². The lowest BCUT2D eigenvalue weighted by Crippen LogP contribution is -2.12. The van der Waals surface area contributed by atoms with E-state index in [0.29, 0.717) is 20.8 Å². The molecular formula is C9H6BrClN4OS. The van der Waals surface area contributed by atoms with Crippen molar-refractivity contribution in [2.75, 3.05) is 11.1 Å². The number of carbonyl (C=O) groups excluding carboxylic acids is 1. The smallest absolute Gasteiger partial charge is 0.259 e. The molecule has 88 valence electrons. The Kier molecular flexibility index (Phi) is 3.60. The van der Waals surface area contributed by atoms with Crippen molar-refractivity contribution in [3.63, 3.8) is 0 Å². The van der Waals surface area contributed by atoms with Crippen LogP contribution in [0.1, 0.15) is 10.4 Å². The van der Waals surface area contributed by atoms with E-state index in [1.807, 2.05) is 0 Å². The number of carbonyl (C=O) groups is 1. The van der Waals surface area contributed by atoms with Gasteiger partial charge in [0.1, 0.15) is 0 Å². The SMILES string of the molecule is Nc1nnc(NC(=O)c2cc(Br)ccc2Cl)s1. The fourth-order valence-electron chi connectivity index (χ4n) is 1.12. The maximum absolute atomic E-state index is 11.9. The highest BCUT2D eigenvalue weighted by Gasteiger charge is 2.13. The molecule has 0 bridgehead atoms. The van der Waals surface area contributed by atoms with Gasteiger partial charge in [0, 0.05) is 4.47 Å². The third kappa shape index (κ3) is 2.93. The van der Waals surface area contributed by atoms with Crippen molar-refractivity contribution in [3.8, 4) is 0 Å². The van der Waals surface area contributed by atoms with Crippen molar-refractivity contribution in [1.29, 1.82) is 0 Å². The van der Waals surface area contributed by atoms with Gasteiger partial charge in [-0.05, 0) is 18.2 Å². The number of aromatic nitrogens is 2. The minimum Gasteiger partial charge on any atom is -0.374 e. The molecule has 8 heteroatoms. The van der Waals surface area contributed by atoms with E-state index in [4.69, 9.17) is 17.3 Å². The van der Waals surface area contributed by atoms with E-state index < -0.39 is 0 Å². The van der Waals surface area contributed by atoms with Crippen LogP contribution in [0, 0.1) is 0 Å². The largest absolute Gasteiger partial charge is 0.374 e. The van der Waals surface area contributed by atoms with Gasteiger partial charge in [0.2, 0.25) is 10.3 Å². The van der Waals surface area contributed by atoms with Crippen LogP contribution >= 0.6 is 38.9 Å². The van der Waals surface area contributed by atoms with Crippen LogP contribution in [0.5, 0.6) is 0 Å². The number of halogens is 2. The van der Waals surface area contributed by atoms with Crippen LogP contribution in [0.25, 0.3) is 0 Å². The number of amides is 1. The summed E-state index contributed by atoms with van der Waals surface area (Å²) < 4.78 is 0.767. The average molecular weight is 334 g/mol. The van der Waals surface area contributed by atoms with Gasteiger partial charge >= 0.3 is 0 Å². The summed E-state index contributed by atoms with van der Waals surface area (Å²) in [6.45, 7) is 0. The normalized spacial score (nSPS) is 10.2. The number of hydrogen-bond acceptors (Lipinski definition) is 5. The molecule has 1 aromatic carbocycles. The standard InChI is InChI=1S/C9H6BrClN4OS/c10-4-1-2-6(11)5(3-4)7(16)13-9-15-14-8(12)17-9/h1-3H,(H2,12,14)(H,13,15,16). The van der Waals surface area contributed by atoms with Gasteiger partial charge in [0.25, 0.3) is 5.91 Å². The molecule has 0 aliphatic carbocycles. The Hall–Kier alpha value is -1.18. The summed E-state index contributed by atoms with van der Waals surface area (Å²) in [5.74, 6) is -0.354. The molecule has 0 saturated heterocycles. The highest BCUT2D eigenvalue weighted by Crippen LogP contribution is 2.23. The Balaban J connectivity index is 2.22. The lowest BCUT2D eigenvalue weighted by molar-refractivity contribution is 0.102. The van der Waals surface area contributed by atoms with E-state index in [2.05, 4.69) is 31.4 Å². The van der Waals surface area contributed by atoms with E-state index in [1.165, 1.54) is 0 Å². The maximum Gasteiger partial charge on any atom is 0.259 e. The Bertz CT molecular complexity index is 574. The molecule has 0 unspecified atom stereocenters. The fraction of sp³-hybridized carbons (Fsp3) is 0. The zero-order chi connectivity index (χ0) is 12.4. The van der Waals surface area contributed by atoms with Crippen molar-refractivity contribution in [2.24, 2.45) is 0 Å². The van der Waals surface area contributed by atoms with Crippen LogP contribution in [0.15, 0.2) is 22.7 Å². The number of nitrogen functional groups attached to an aromatic ring is 1. The first-order chi connectivity index (χ1) is 8.06. The van der Waals surface area contributed by atoms with Crippen LogP contribution in [0.4, 0.5) is 10.3 Å². The second-order valence-electron chi connectivity index (χ2n) is 3.02. The highest BCUT2D eigenvalue weighted by atomic mass is 79.9. The summed E-state index contributed by atoms with van der Waals surface area (Å²) in [6, 6.07) is 5.01. The number of hydrogen-bond donors (Lipinski definition) is 2. The molecule has 0 radical (unpaired) electrons. The van der Waals surface area contributed by atoms with Gasteiger partial charge in [-0.3, -0.25) is 10.1 Å². The number of anilines is 2. The molecule has 5 nitrogen and oxygen atoms in total. The van der Waals surface area contributed by atoms with Crippen LogP contribution < -0.4 is 11.1 Å². The molecule has 1 heterocycles. The molecule has 1 aromatic heterocycles. The van der Waals surface area contributed by atoms with Crippen LogP contribution in [0.3, 0.4) is 0 Å². The summed E-state index contributed by atoms with van der Waals surface area (Å²) in [5, 5.41) is 10.8. The number of nitrogens with two attached hydrogens (primary N) is 1. The summed E-state index contributed by atoms with van der Waals surface area (Å²) in [7, 11) is 0. The number of nitrogens with one attached hydrogen (secondary N) is 1. The van der Waals surface area contributed by atoms with E-state index in [1.54, 1.807) is 18.2 Å². The Morgan fingerprint density at radius 2 is 2.24 bits per heavy atom. The molecule has 0 aliphatic rings. The first-order valence-corrected chi connectivity index (χ1v) is 6.40. The molecule has 2 aromatic rings. The van der Waals surface area contributed by atoms with Gasteiger partial charge in [-0.15, -0.1) is 10.2 Å². The van der Waals surface area contributed by atoms with E-state index in [-0.39, 0.29) is 5.91 Å². The van der Waals surface area contributed by atoms with Crippen molar-refractivity contribution in [1.82, 2.24) is 10.2 Å². The summed E-state index contributed by atoms with van der Waals surface area (Å²) in [6.07, 6.45) is 0. The van der Waals surface area contributed by atoms with Gasteiger partial charge in [-0.2, -0.15) is 0 Å². The minimum absolute atomic E-state index is 0.292. The molecule has 3 N–H and O–H groups in total. The monoisotopic (exact) mass is 332 g/mol. The van der Waals surface area contributed by atoms with Gasteiger partial charge in [0.05, 0.1) is 10.6 Å². The second kappa shape index (κ2) is 4.99. The van der Waals surface area contributed by atoms with Crippen LogP contribution in [0.2, 0.25) is 5.02 Å². The zero-order valence-electron chi connectivity index (χ0n) is 8.28. The lowest BCUT2D eigenvalue weighted by Gasteiger charge is -2.03. The summed E-state index contributed by atoms with van der Waals surface area (Å²) >= 11 is 10.3. The Labute approximate surface area is 114 Å². The third-order valence-electron chi connectivity index (χ3n) is 1.83. The first kappa shape index (κ1) is 12.3. The second-order valence-corrected chi connectivity index (χ2v) is 5.36. The molecule has 1 amide bonds. The van der Waals surface area contributed by atoms with Crippen molar-refractivity contribution >= 4 is 55.0 Å². The number of benzene rings is 1. The zero-order valence-corrected chi connectivity index (χ0v) is 11.4. The fourth-order valence-corrected chi connectivity index (χ4v) is 2.19. The molecule has 17 heavy (non-hydrogen) atoms. The number of rotatable bonds is 2. The van der Waals surface area contributed by atoms with Gasteiger partial charge in [0.15, 0.2) is 0 Å². The topological polar surface area (TPSA) is 80.9 Å². The molecule has 2 rings (SSSR count). The quantitative estimate of drug-likeness (QED) is 0.885. The Morgan fingerprint density at radius 1 is 1.47 bits per heavy atom. The minimum atomic E-state index is -0.354. The van der Waals surface area contributed by atoms with Gasteiger partial charge < -0.3 is 5.73 Å². The molecule has 0 fully saturated rings. The predicted molar refractivity (Wildman–Crippen MR) is 71.4 cm³/mol. The molecular weight excluding hydrogens is 328 g/mol. The maximum atomic E-state index is 11.9. The third-order valence-corrected chi connectivity index (χ3v) is 3.32. The van der Waals surface area contributed by atoms with Crippen LogP contribution in [-0.4, -0.2) is 16.1 Å². The number of nitrogens with zero attached hydrogens (tertiary/aromatic N) is 2. The van der Waals surface area contributed by atoms with E-state index >= 15 is 0 Å². The van der Waals surface area contributed by atoms with E-state index in [0.717, 1.165) is 15.8 Å². The van der Waals surface area contributed by atoms with Crippen molar-refractivity contribution in [2.45, 2.75) is 0 Å². The van der Waals surface area contributed by atoms with E-state index in [9.17, 15) is 4.79 Å². The summed E-state index contributed by atoms with van der Waals surface area (Å²) in [4.78, 5) is 11.9. The summed E-state index contributed by atoms with van der Waals surface area (Å²) in [5.41, 5.74) is 5.76. The van der Waals surface area contributed by atoms with Gasteiger partial charge in [-0.25, -0.2) is 0 Å². The average Bonchev–Trinajstić information content (AvgIpc) is 2.67. The molecule has 0 aliphatic heterocycles. The highest BCUT2D eigenvalue weighted by molar-refractivity contribution is 9.10. The molecule has 0 saturated carbocycles. The molecule has 0 spiro atoms. The Morgan fingerprint density at radius 3 is 2.88 bits per heavy atom. The van der Waals surface area contributed by atoms with Gasteiger partial charge in [-0.1, -0.05) is 38.9 Å².